The molecule has 1 aliphatic heterocycles. The van der Waals surface area contributed by atoms with E-state index in [1.165, 1.54) is 6.31 Å². The first kappa shape index (κ1) is 10.3. The van der Waals surface area contributed by atoms with Crippen LogP contribution in [-0.4, -0.2) is 0.963 Å². The van der Waals surface area contributed by atoms with E-state index >= 15 is 0 Å². The van der Waals surface area contributed by atoms with Crippen LogP contribution in [0.1, 0.15) is 19.4 Å². The Balaban J connectivity index is 2.62. The van der Waals surface area contributed by atoms with Crippen LogP contribution in [0, 0.1) is 39.7 Å². The summed E-state index contributed by atoms with van der Waals surface area (Å²) in [6.45, 7) is 4.10. The van der Waals surface area contributed by atoms with Gasteiger partial charge in [0.05, 0.1) is 0 Å². The van der Waals surface area contributed by atoms with Crippen LogP contribution < -0.4 is 0.743 Å². The topological polar surface area (TPSA) is 17.1 Å². The molecular formula is C10H9AcBrO. The molecule has 0 radical (unpaired) electrons. The van der Waals surface area contributed by atoms with Gasteiger partial charge in [-0.3, -0.25) is 0 Å². The maximum absolute atomic E-state index is 11.7. The van der Waals surface area contributed by atoms with Crippen molar-refractivity contribution in [3.05, 3.63) is 28.2 Å². The number of benzene rings is 1. The molecule has 0 spiro atoms. The van der Waals surface area contributed by atoms with Crippen LogP contribution in [-0.2, 0) is 10.2 Å². The predicted octanol–water partition coefficient (Wildman–Crippen LogP) is 1.98. The quantitative estimate of drug-likeness (QED) is 0.589. The molecule has 0 amide bonds. The summed E-state index contributed by atoms with van der Waals surface area (Å²) in [4.78, 5) is 11.7. The van der Waals surface area contributed by atoms with Crippen molar-refractivity contribution in [2.75, 3.05) is 0 Å². The zero-order valence-corrected chi connectivity index (χ0v) is 13.9. The molecule has 0 bridgehead atoms. The summed E-state index contributed by atoms with van der Waals surface area (Å²) in [5.41, 5.74) is 1.09. The van der Waals surface area contributed by atoms with E-state index in [1.54, 1.807) is 0 Å². The van der Waals surface area contributed by atoms with Gasteiger partial charge in [-0.2, -0.15) is 0 Å². The van der Waals surface area contributed by atoms with Crippen molar-refractivity contribution in [1.82, 2.24) is 0 Å². The number of rotatable bonds is 0. The minimum atomic E-state index is -1.41. The second kappa shape index (κ2) is 3.43. The molecule has 3 heteroatoms. The molecule has 0 aliphatic carbocycles. The zero-order chi connectivity index (χ0) is 9.64. The van der Waals surface area contributed by atoms with Crippen molar-refractivity contribution < 1.29 is 44.5 Å². The van der Waals surface area contributed by atoms with Crippen LogP contribution in [0.2, 0.25) is 0 Å². The number of halogens is 1. The van der Waals surface area contributed by atoms with Gasteiger partial charge in [-0.25, -0.2) is 0 Å². The summed E-state index contributed by atoms with van der Waals surface area (Å²) in [5.74, 6) is 0. The van der Waals surface area contributed by atoms with Gasteiger partial charge in [0.25, 0.3) is 0 Å². The van der Waals surface area contributed by atoms with Gasteiger partial charge in [-0.05, 0) is 0 Å². The van der Waals surface area contributed by atoms with Crippen LogP contribution in [0.3, 0.4) is 0 Å². The van der Waals surface area contributed by atoms with Crippen molar-refractivity contribution in [2.24, 2.45) is 0 Å². The molecule has 65 valence electrons. The predicted molar refractivity (Wildman–Crippen MR) is 51.8 cm³/mol. The van der Waals surface area contributed by atoms with Gasteiger partial charge >= 0.3 is 110 Å². The van der Waals surface area contributed by atoms with Crippen molar-refractivity contribution >= 4 is 17.6 Å². The van der Waals surface area contributed by atoms with Gasteiger partial charge in [-0.15, -0.1) is 0 Å². The summed E-state index contributed by atoms with van der Waals surface area (Å²) < 4.78 is 3.04. The summed E-state index contributed by atoms with van der Waals surface area (Å²) in [6, 6.07) is 6.28. The van der Waals surface area contributed by atoms with Crippen molar-refractivity contribution in [3.8, 4) is 0 Å². The van der Waals surface area contributed by atoms with Gasteiger partial charge in [0, 0.05) is 0 Å². The molecule has 2 rings (SSSR count). The molecule has 13 heavy (non-hydrogen) atoms. The van der Waals surface area contributed by atoms with E-state index in [4.69, 9.17) is 0 Å². The van der Waals surface area contributed by atoms with E-state index in [9.17, 15) is 4.79 Å². The van der Waals surface area contributed by atoms with Gasteiger partial charge in [0.2, 0.25) is 0 Å². The number of fused-ring (bicyclic) bond motifs is 1. The van der Waals surface area contributed by atoms with Crippen molar-refractivity contribution in [1.29, 1.82) is 0 Å². The van der Waals surface area contributed by atoms with Crippen molar-refractivity contribution in [3.63, 3.8) is 0 Å². The molecule has 0 atom stereocenters. The summed E-state index contributed by atoms with van der Waals surface area (Å²) in [6.07, 6.45) is 0. The number of hydrogen-bond acceptors (Lipinski definition) is 1. The number of carbonyl (C=O) groups excluding carboxylic acids is 1. The molecule has 0 N–H and O–H groups in total. The first-order chi connectivity index (χ1) is 6.01. The van der Waals surface area contributed by atoms with E-state index in [2.05, 4.69) is 28.1 Å². The van der Waals surface area contributed by atoms with Gasteiger partial charge in [0.15, 0.2) is 0 Å². The Hall–Kier alpha value is 0.812. The third kappa shape index (κ3) is 1.69. The molecule has 0 saturated carbocycles. The fraction of sp³-hybridized carbons (Fsp3) is 0.300. The number of carbonyl (C=O) groups is 1. The SMILES string of the molecule is CC1(C)[C](=O)[Ac][c]2cc(Br)ccc21. The van der Waals surface area contributed by atoms with E-state index in [0.717, 1.165) is 4.47 Å². The Bertz CT molecular complexity index is 385. The monoisotopic (exact) mass is 451 g/mol. The Morgan fingerprint density at radius 1 is 1.38 bits per heavy atom. The maximum atomic E-state index is 11.7. The Morgan fingerprint density at radius 3 is 2.77 bits per heavy atom. The van der Waals surface area contributed by atoms with E-state index in [-0.39, 0.29) is 5.41 Å². The van der Waals surface area contributed by atoms with Crippen LogP contribution in [0.25, 0.3) is 0 Å². The van der Waals surface area contributed by atoms with E-state index in [1.807, 2.05) is 19.9 Å². The molecule has 0 aromatic heterocycles. The summed E-state index contributed by atoms with van der Waals surface area (Å²) in [5, 5.41) is 0. The molecule has 0 fully saturated rings. The first-order valence-corrected chi connectivity index (χ1v) is 9.75. The Morgan fingerprint density at radius 2 is 2.08 bits per heavy atom. The summed E-state index contributed by atoms with van der Waals surface area (Å²) in [7, 11) is 0. The number of hydrogen-bond donors (Lipinski definition) is 0. The molecule has 1 aromatic carbocycles. The van der Waals surface area contributed by atoms with Crippen LogP contribution in [0.15, 0.2) is 22.7 Å². The second-order valence-corrected chi connectivity index (χ2v) is 10.7. The molecular weight excluding hydrogens is 443 g/mol. The molecule has 1 aromatic rings. The first-order valence-electron chi connectivity index (χ1n) is 4.21. The fourth-order valence-electron chi connectivity index (χ4n) is 1.68. The third-order valence-electron chi connectivity index (χ3n) is 2.59. The van der Waals surface area contributed by atoms with Crippen LogP contribution >= 0.6 is 15.9 Å². The molecule has 0 saturated heterocycles. The third-order valence-corrected chi connectivity index (χ3v) is 10.4. The normalized spacial score (nSPS) is 17.6. The summed E-state index contributed by atoms with van der Waals surface area (Å²) >= 11 is 2.04. The molecule has 1 aliphatic rings. The van der Waals surface area contributed by atoms with Crippen LogP contribution in [0.4, 0.5) is 0 Å². The van der Waals surface area contributed by atoms with Crippen molar-refractivity contribution in [2.45, 2.75) is 19.3 Å². The average Bonchev–Trinajstić information content (AvgIpc) is 2.23. The van der Waals surface area contributed by atoms with E-state index < -0.39 is 39.7 Å². The average molecular weight is 452 g/mol. The van der Waals surface area contributed by atoms with Gasteiger partial charge < -0.3 is 0 Å². The zero-order valence-electron chi connectivity index (χ0n) is 7.60. The van der Waals surface area contributed by atoms with E-state index in [0.29, 0.717) is 0.963 Å². The second-order valence-electron chi connectivity index (χ2n) is 3.87. The van der Waals surface area contributed by atoms with Gasteiger partial charge in [-0.1, -0.05) is 0 Å². The Labute approximate surface area is 108 Å². The molecule has 0 unspecified atom stereocenters. The van der Waals surface area contributed by atoms with Gasteiger partial charge in [0.1, 0.15) is 0 Å². The Kier molecular flexibility index (Phi) is 2.73. The molecule has 1 nitrogen and oxygen atoms in total. The standard InChI is InChI=1S/C10H9BrO.Ac/c1-10(2,7-12)8-3-5-9(11)6-4-8;/h3,5-6H,1-2H3;. The van der Waals surface area contributed by atoms with Crippen LogP contribution in [0.5, 0.6) is 0 Å². The fourth-order valence-corrected chi connectivity index (χ4v) is 9.94. The molecule has 1 heterocycles. The minimum absolute atomic E-state index is 0.184.